The first-order valence-corrected chi connectivity index (χ1v) is 14.0. The third kappa shape index (κ3) is 3.14. The van der Waals surface area contributed by atoms with Crippen molar-refractivity contribution in [2.24, 2.45) is 0 Å². The largest absolute Gasteiger partial charge is 0.0620 e. The van der Waals surface area contributed by atoms with Crippen LogP contribution in [-0.2, 0) is 10.8 Å². The maximum atomic E-state index is 2.59. The van der Waals surface area contributed by atoms with E-state index in [-0.39, 0.29) is 10.8 Å². The molecule has 6 aliphatic rings. The summed E-state index contributed by atoms with van der Waals surface area (Å²) in [6.45, 7) is 16.5. The lowest BCUT2D eigenvalue weighted by molar-refractivity contribution is 0.518. The van der Waals surface area contributed by atoms with E-state index >= 15 is 0 Å². The molecule has 4 aromatic rings. The molecule has 2 atom stereocenters. The average Bonchev–Trinajstić information content (AvgIpc) is 2.83. The Balaban J connectivity index is 1.64. The van der Waals surface area contributed by atoms with Crippen molar-refractivity contribution in [1.29, 1.82) is 0 Å². The zero-order valence-corrected chi connectivity index (χ0v) is 23.3. The minimum absolute atomic E-state index is 0.120. The second-order valence-corrected chi connectivity index (χ2v) is 13.8. The van der Waals surface area contributed by atoms with Gasteiger partial charge in [0.2, 0.25) is 0 Å². The SMILES string of the molecule is Cc1cc(C(C)(C)C)cc2c1C1c3cc(C(C)(C)C)ccc3C2C2c3ccccc3C1c1ccccc12. The summed E-state index contributed by atoms with van der Waals surface area (Å²) < 4.78 is 0. The van der Waals surface area contributed by atoms with Crippen LogP contribution < -0.4 is 0 Å². The van der Waals surface area contributed by atoms with Crippen molar-refractivity contribution < 1.29 is 0 Å². The molecule has 0 saturated carbocycles. The predicted molar refractivity (Wildman–Crippen MR) is 155 cm³/mol. The van der Waals surface area contributed by atoms with E-state index in [1.807, 2.05) is 0 Å². The molecule has 4 bridgehead atoms. The van der Waals surface area contributed by atoms with Crippen molar-refractivity contribution in [1.82, 2.24) is 0 Å². The van der Waals surface area contributed by atoms with Crippen LogP contribution in [0.5, 0.6) is 0 Å². The van der Waals surface area contributed by atoms with Crippen LogP contribution in [-0.4, -0.2) is 0 Å². The summed E-state index contributed by atoms with van der Waals surface area (Å²) in [5.74, 6) is 1.30. The Labute approximate surface area is 222 Å². The number of benzene rings is 4. The van der Waals surface area contributed by atoms with Crippen molar-refractivity contribution in [2.75, 3.05) is 0 Å². The monoisotopic (exact) mass is 482 g/mol. The van der Waals surface area contributed by atoms with Crippen molar-refractivity contribution in [3.63, 3.8) is 0 Å². The van der Waals surface area contributed by atoms with Gasteiger partial charge in [-0.25, -0.2) is 0 Å². The molecule has 186 valence electrons. The van der Waals surface area contributed by atoms with Crippen LogP contribution in [0.4, 0.5) is 0 Å². The fourth-order valence-electron chi connectivity index (χ4n) is 7.77. The number of hydrogen-bond donors (Lipinski definition) is 0. The Kier molecular flexibility index (Phi) is 4.65. The van der Waals surface area contributed by atoms with Crippen LogP contribution in [0.15, 0.2) is 78.9 Å². The van der Waals surface area contributed by atoms with Crippen molar-refractivity contribution in [3.05, 3.63) is 140 Å². The van der Waals surface area contributed by atoms with E-state index < -0.39 is 0 Å². The predicted octanol–water partition coefficient (Wildman–Crippen LogP) is 9.46. The van der Waals surface area contributed by atoms with E-state index in [9.17, 15) is 0 Å². The summed E-state index contributed by atoms with van der Waals surface area (Å²) >= 11 is 0. The molecule has 6 aliphatic carbocycles. The summed E-state index contributed by atoms with van der Waals surface area (Å²) in [6.07, 6.45) is 0. The summed E-state index contributed by atoms with van der Waals surface area (Å²) in [6, 6.07) is 31.3. The Hall–Kier alpha value is -3.12. The van der Waals surface area contributed by atoms with Crippen molar-refractivity contribution in [2.45, 2.75) is 83.0 Å². The minimum atomic E-state index is 0.120. The lowest BCUT2D eigenvalue weighted by Gasteiger charge is -2.51. The van der Waals surface area contributed by atoms with Gasteiger partial charge in [-0.3, -0.25) is 0 Å². The van der Waals surface area contributed by atoms with E-state index in [2.05, 4.69) is 127 Å². The molecule has 0 aliphatic heterocycles. The molecule has 37 heavy (non-hydrogen) atoms. The molecule has 2 unspecified atom stereocenters. The van der Waals surface area contributed by atoms with Gasteiger partial charge in [0, 0.05) is 23.7 Å². The van der Waals surface area contributed by atoms with E-state index in [1.165, 1.54) is 38.9 Å². The fraction of sp³-hybridized carbons (Fsp3) is 0.351. The zero-order valence-electron chi connectivity index (χ0n) is 23.3. The van der Waals surface area contributed by atoms with Gasteiger partial charge in [-0.05, 0) is 79.0 Å². The van der Waals surface area contributed by atoms with Gasteiger partial charge >= 0.3 is 0 Å². The van der Waals surface area contributed by atoms with Gasteiger partial charge in [-0.15, -0.1) is 0 Å². The molecule has 0 N–H and O–H groups in total. The van der Waals surface area contributed by atoms with Crippen LogP contribution in [0.2, 0.25) is 0 Å². The second kappa shape index (κ2) is 7.47. The van der Waals surface area contributed by atoms with Crippen LogP contribution >= 0.6 is 0 Å². The van der Waals surface area contributed by atoms with Gasteiger partial charge in [-0.2, -0.15) is 0 Å². The van der Waals surface area contributed by atoms with Crippen molar-refractivity contribution >= 4 is 0 Å². The molecule has 0 amide bonds. The van der Waals surface area contributed by atoms with E-state index in [4.69, 9.17) is 0 Å². The minimum Gasteiger partial charge on any atom is -0.0620 e. The molecule has 0 heteroatoms. The average molecular weight is 483 g/mol. The molecule has 0 aromatic heterocycles. The standard InChI is InChI=1S/C37H38/c1-21-18-23(37(5,6)7)20-30-31(21)35-29-19-22(36(2,3)4)16-17-28(29)34(30)32-24-12-8-10-14-26(24)33(35)27-15-11-9-13-25(27)32/h8-20,32-35H,1-7H3. The molecule has 0 heterocycles. The molecule has 10 rings (SSSR count). The van der Waals surface area contributed by atoms with Gasteiger partial charge in [-0.1, -0.05) is 120 Å². The van der Waals surface area contributed by atoms with Gasteiger partial charge < -0.3 is 0 Å². The van der Waals surface area contributed by atoms with Gasteiger partial charge in [0.05, 0.1) is 0 Å². The van der Waals surface area contributed by atoms with E-state index in [0.29, 0.717) is 23.7 Å². The summed E-state index contributed by atoms with van der Waals surface area (Å²) in [5.41, 5.74) is 17.1. The highest BCUT2D eigenvalue weighted by Gasteiger charge is 2.50. The Morgan fingerprint density at radius 3 is 1.38 bits per heavy atom. The molecule has 0 nitrogen and oxygen atoms in total. The Morgan fingerprint density at radius 1 is 0.432 bits per heavy atom. The smallest absolute Gasteiger partial charge is 0.0208 e. The first-order chi connectivity index (χ1) is 17.6. The molecule has 4 aromatic carbocycles. The third-order valence-electron chi connectivity index (χ3n) is 9.55. The van der Waals surface area contributed by atoms with Crippen molar-refractivity contribution in [3.8, 4) is 0 Å². The Morgan fingerprint density at radius 2 is 0.865 bits per heavy atom. The normalized spacial score (nSPS) is 23.0. The number of rotatable bonds is 0. The van der Waals surface area contributed by atoms with Crippen LogP contribution in [0.3, 0.4) is 0 Å². The quantitative estimate of drug-likeness (QED) is 0.234. The summed E-state index contributed by atoms with van der Waals surface area (Å²) in [5, 5.41) is 0. The lowest BCUT2D eigenvalue weighted by atomic mass is 9.52. The van der Waals surface area contributed by atoms with Gasteiger partial charge in [0.1, 0.15) is 0 Å². The first kappa shape index (κ1) is 23.0. The van der Waals surface area contributed by atoms with Gasteiger partial charge in [0.25, 0.3) is 0 Å². The lowest BCUT2D eigenvalue weighted by Crippen LogP contribution is -2.36. The molecule has 0 radical (unpaired) electrons. The van der Waals surface area contributed by atoms with E-state index in [1.54, 1.807) is 22.3 Å². The second-order valence-electron chi connectivity index (χ2n) is 13.8. The Bertz CT molecular complexity index is 1520. The summed E-state index contributed by atoms with van der Waals surface area (Å²) in [7, 11) is 0. The maximum Gasteiger partial charge on any atom is 0.0208 e. The highest BCUT2D eigenvalue weighted by atomic mass is 14.5. The van der Waals surface area contributed by atoms with Crippen LogP contribution in [0.1, 0.15) is 126 Å². The molecular weight excluding hydrogens is 444 g/mol. The van der Waals surface area contributed by atoms with Gasteiger partial charge in [0.15, 0.2) is 0 Å². The topological polar surface area (TPSA) is 0 Å². The summed E-state index contributed by atoms with van der Waals surface area (Å²) in [4.78, 5) is 0. The fourth-order valence-corrected chi connectivity index (χ4v) is 7.77. The third-order valence-corrected chi connectivity index (χ3v) is 9.55. The maximum absolute atomic E-state index is 2.59. The van der Waals surface area contributed by atoms with E-state index in [0.717, 1.165) is 0 Å². The molecule has 0 fully saturated rings. The van der Waals surface area contributed by atoms with Crippen LogP contribution in [0.25, 0.3) is 0 Å². The first-order valence-electron chi connectivity index (χ1n) is 14.0. The highest BCUT2D eigenvalue weighted by Crippen LogP contribution is 2.64. The molecule has 0 saturated heterocycles. The highest BCUT2D eigenvalue weighted by molar-refractivity contribution is 5.69. The van der Waals surface area contributed by atoms with Crippen LogP contribution in [0, 0.1) is 6.92 Å². The number of hydrogen-bond acceptors (Lipinski definition) is 0. The number of aryl methyl sites for hydroxylation is 1. The zero-order chi connectivity index (χ0) is 25.9. The molecular formula is C37H38. The molecule has 0 spiro atoms.